The second kappa shape index (κ2) is 8.45. The van der Waals surface area contributed by atoms with E-state index in [0.717, 1.165) is 30.7 Å². The van der Waals surface area contributed by atoms with Crippen molar-refractivity contribution in [3.8, 4) is 5.88 Å². The Morgan fingerprint density at radius 3 is 3.00 bits per heavy atom. The average Bonchev–Trinajstić information content (AvgIpc) is 2.98. The van der Waals surface area contributed by atoms with Crippen molar-refractivity contribution in [2.24, 2.45) is 0 Å². The molecule has 3 rings (SSSR count). The Balaban J connectivity index is 1.72. The number of hydrogen-bond donors (Lipinski definition) is 1. The molecule has 0 aliphatic carbocycles. The normalized spacial score (nSPS) is 17.6. The zero-order valence-electron chi connectivity index (χ0n) is 14.9. The summed E-state index contributed by atoms with van der Waals surface area (Å²) in [4.78, 5) is 0. The summed E-state index contributed by atoms with van der Waals surface area (Å²) in [5.41, 5.74) is 2.47. The van der Waals surface area contributed by atoms with Gasteiger partial charge in [-0.05, 0) is 45.4 Å². The Bertz CT molecular complexity index is 696. The fraction of sp³-hybridized carbons (Fsp3) is 0.526. The third kappa shape index (κ3) is 4.80. The van der Waals surface area contributed by atoms with Crippen LogP contribution in [0.3, 0.4) is 0 Å². The van der Waals surface area contributed by atoms with E-state index in [0.29, 0.717) is 24.5 Å². The zero-order valence-corrected chi connectivity index (χ0v) is 14.9. The predicted molar refractivity (Wildman–Crippen MR) is 94.1 cm³/mol. The van der Waals surface area contributed by atoms with Crippen molar-refractivity contribution >= 4 is 0 Å². The molecule has 2 aromatic rings. The SMILES string of the molecule is CNCc1cc(OCc2cc(C)ccc2F)n(CC2CCCCO2)n1. The number of ether oxygens (including phenoxy) is 2. The topological polar surface area (TPSA) is 48.3 Å². The van der Waals surface area contributed by atoms with Gasteiger partial charge in [-0.2, -0.15) is 5.10 Å². The van der Waals surface area contributed by atoms with Crippen LogP contribution in [-0.4, -0.2) is 29.5 Å². The first-order valence-electron chi connectivity index (χ1n) is 8.86. The lowest BCUT2D eigenvalue weighted by atomic mass is 10.1. The summed E-state index contributed by atoms with van der Waals surface area (Å²) in [7, 11) is 1.88. The van der Waals surface area contributed by atoms with Gasteiger partial charge >= 0.3 is 0 Å². The Hall–Kier alpha value is -1.92. The quantitative estimate of drug-likeness (QED) is 0.836. The fourth-order valence-corrected chi connectivity index (χ4v) is 3.07. The van der Waals surface area contributed by atoms with Crippen molar-refractivity contribution in [3.63, 3.8) is 0 Å². The molecule has 25 heavy (non-hydrogen) atoms. The van der Waals surface area contributed by atoms with Crippen LogP contribution in [0.2, 0.25) is 0 Å². The Labute approximate surface area is 148 Å². The van der Waals surface area contributed by atoms with Crippen LogP contribution in [0.15, 0.2) is 24.3 Å². The summed E-state index contributed by atoms with van der Waals surface area (Å²) in [6, 6.07) is 6.96. The Morgan fingerprint density at radius 1 is 1.36 bits per heavy atom. The Kier molecular flexibility index (Phi) is 6.04. The third-order valence-corrected chi connectivity index (χ3v) is 4.38. The lowest BCUT2D eigenvalue weighted by Gasteiger charge is -2.23. The number of hydrogen-bond acceptors (Lipinski definition) is 4. The second-order valence-corrected chi connectivity index (χ2v) is 6.56. The molecule has 1 aliphatic rings. The average molecular weight is 347 g/mol. The van der Waals surface area contributed by atoms with Crippen molar-refractivity contribution in [2.45, 2.75) is 52.0 Å². The van der Waals surface area contributed by atoms with Crippen LogP contribution >= 0.6 is 0 Å². The molecule has 0 saturated carbocycles. The molecule has 0 spiro atoms. The van der Waals surface area contributed by atoms with Gasteiger partial charge in [-0.1, -0.05) is 11.6 Å². The van der Waals surface area contributed by atoms with Crippen molar-refractivity contribution in [3.05, 3.63) is 46.9 Å². The summed E-state index contributed by atoms with van der Waals surface area (Å²) in [6.07, 6.45) is 3.50. The summed E-state index contributed by atoms with van der Waals surface area (Å²) >= 11 is 0. The molecule has 1 saturated heterocycles. The van der Waals surface area contributed by atoms with Gasteiger partial charge in [0, 0.05) is 24.8 Å². The monoisotopic (exact) mass is 347 g/mol. The van der Waals surface area contributed by atoms with Crippen molar-refractivity contribution in [1.29, 1.82) is 0 Å². The molecular formula is C19H26FN3O2. The highest BCUT2D eigenvalue weighted by atomic mass is 19.1. The first kappa shape index (κ1) is 17.9. The molecule has 1 aromatic heterocycles. The minimum atomic E-state index is -0.247. The van der Waals surface area contributed by atoms with Crippen molar-refractivity contribution in [2.75, 3.05) is 13.7 Å². The van der Waals surface area contributed by atoms with E-state index in [1.165, 1.54) is 12.5 Å². The summed E-state index contributed by atoms with van der Waals surface area (Å²) in [5, 5.41) is 7.70. The van der Waals surface area contributed by atoms with Crippen LogP contribution in [0.4, 0.5) is 4.39 Å². The highest BCUT2D eigenvalue weighted by Crippen LogP contribution is 2.21. The van der Waals surface area contributed by atoms with Gasteiger partial charge in [0.05, 0.1) is 18.3 Å². The van der Waals surface area contributed by atoms with E-state index in [1.807, 2.05) is 30.8 Å². The fourth-order valence-electron chi connectivity index (χ4n) is 3.07. The molecule has 1 aliphatic heterocycles. The number of aryl methyl sites for hydroxylation is 1. The van der Waals surface area contributed by atoms with E-state index in [1.54, 1.807) is 6.07 Å². The van der Waals surface area contributed by atoms with Crippen LogP contribution in [0.25, 0.3) is 0 Å². The second-order valence-electron chi connectivity index (χ2n) is 6.56. The molecule has 1 unspecified atom stereocenters. The number of aromatic nitrogens is 2. The number of rotatable bonds is 7. The third-order valence-electron chi connectivity index (χ3n) is 4.38. The van der Waals surface area contributed by atoms with Crippen LogP contribution in [0.1, 0.15) is 36.1 Å². The smallest absolute Gasteiger partial charge is 0.212 e. The zero-order chi connectivity index (χ0) is 17.6. The molecule has 0 radical (unpaired) electrons. The molecule has 1 atom stereocenters. The molecule has 0 amide bonds. The van der Waals surface area contributed by atoms with E-state index >= 15 is 0 Å². The van der Waals surface area contributed by atoms with Gasteiger partial charge in [0.2, 0.25) is 5.88 Å². The van der Waals surface area contributed by atoms with Gasteiger partial charge in [-0.15, -0.1) is 0 Å². The largest absolute Gasteiger partial charge is 0.473 e. The lowest BCUT2D eigenvalue weighted by molar-refractivity contribution is 0.00229. The molecule has 6 heteroatoms. The molecule has 0 bridgehead atoms. The van der Waals surface area contributed by atoms with Gasteiger partial charge in [-0.3, -0.25) is 0 Å². The van der Waals surface area contributed by atoms with Crippen molar-refractivity contribution < 1.29 is 13.9 Å². The van der Waals surface area contributed by atoms with E-state index in [4.69, 9.17) is 9.47 Å². The number of nitrogens with one attached hydrogen (secondary N) is 1. The standard InChI is InChI=1S/C19H26FN3O2/c1-14-6-7-18(20)15(9-14)13-25-19-10-16(11-21-2)22-23(19)12-17-5-3-4-8-24-17/h6-7,9-10,17,21H,3-5,8,11-13H2,1-2H3. The van der Waals surface area contributed by atoms with Gasteiger partial charge in [0.15, 0.2) is 0 Å². The maximum absolute atomic E-state index is 13.9. The van der Waals surface area contributed by atoms with E-state index < -0.39 is 0 Å². The first-order valence-corrected chi connectivity index (χ1v) is 8.86. The summed E-state index contributed by atoms with van der Waals surface area (Å²) in [6.45, 7) is 4.26. The number of halogens is 1. The van der Waals surface area contributed by atoms with E-state index in [2.05, 4.69) is 10.4 Å². The number of benzene rings is 1. The van der Waals surface area contributed by atoms with E-state index in [-0.39, 0.29) is 18.5 Å². The predicted octanol–water partition coefficient (Wildman–Crippen LogP) is 3.20. The van der Waals surface area contributed by atoms with Crippen LogP contribution in [0, 0.1) is 12.7 Å². The molecule has 1 N–H and O–H groups in total. The maximum Gasteiger partial charge on any atom is 0.212 e. The molecule has 1 aromatic carbocycles. The van der Waals surface area contributed by atoms with Gasteiger partial charge in [-0.25, -0.2) is 9.07 Å². The highest BCUT2D eigenvalue weighted by molar-refractivity contribution is 5.24. The minimum absolute atomic E-state index is 0.161. The number of nitrogens with zero attached hydrogens (tertiary/aromatic N) is 2. The lowest BCUT2D eigenvalue weighted by Crippen LogP contribution is -2.25. The minimum Gasteiger partial charge on any atom is -0.473 e. The first-order chi connectivity index (χ1) is 12.2. The van der Waals surface area contributed by atoms with Gasteiger partial charge in [0.25, 0.3) is 0 Å². The summed E-state index contributed by atoms with van der Waals surface area (Å²) < 4.78 is 27.5. The molecule has 1 fully saturated rings. The molecule has 2 heterocycles. The van der Waals surface area contributed by atoms with Crippen molar-refractivity contribution in [1.82, 2.24) is 15.1 Å². The molecular weight excluding hydrogens is 321 g/mol. The molecule has 5 nitrogen and oxygen atoms in total. The van der Waals surface area contributed by atoms with Crippen LogP contribution in [0.5, 0.6) is 5.88 Å². The van der Waals surface area contributed by atoms with E-state index in [9.17, 15) is 4.39 Å². The van der Waals surface area contributed by atoms with Crippen LogP contribution < -0.4 is 10.1 Å². The Morgan fingerprint density at radius 2 is 2.24 bits per heavy atom. The van der Waals surface area contributed by atoms with Gasteiger partial charge in [0.1, 0.15) is 12.4 Å². The van der Waals surface area contributed by atoms with Gasteiger partial charge < -0.3 is 14.8 Å². The maximum atomic E-state index is 13.9. The highest BCUT2D eigenvalue weighted by Gasteiger charge is 2.18. The van der Waals surface area contributed by atoms with Crippen LogP contribution in [-0.2, 0) is 24.4 Å². The summed E-state index contributed by atoms with van der Waals surface area (Å²) in [5.74, 6) is 0.406. The molecule has 136 valence electrons.